The molecule has 0 spiro atoms. The van der Waals surface area contributed by atoms with Gasteiger partial charge in [0.05, 0.1) is 15.6 Å². The van der Waals surface area contributed by atoms with E-state index in [0.717, 1.165) is 25.1 Å². The van der Waals surface area contributed by atoms with Crippen LogP contribution in [0.1, 0.15) is 30.1 Å². The smallest absolute Gasteiger partial charge is 0.255 e. The van der Waals surface area contributed by atoms with E-state index in [1.165, 1.54) is 0 Å². The lowest BCUT2D eigenvalue weighted by molar-refractivity contribution is 0.0793. The molecule has 1 aromatic heterocycles. The molecule has 0 atom stereocenters. The van der Waals surface area contributed by atoms with Crippen molar-refractivity contribution in [2.75, 3.05) is 18.9 Å². The van der Waals surface area contributed by atoms with Crippen LogP contribution in [0.4, 0.5) is 11.5 Å². The number of nitrogens with zero attached hydrogens (tertiary/aromatic N) is 2. The first-order chi connectivity index (χ1) is 11.0. The van der Waals surface area contributed by atoms with Gasteiger partial charge in [0.15, 0.2) is 0 Å². The average Bonchev–Trinajstić information content (AvgIpc) is 2.56. The summed E-state index contributed by atoms with van der Waals surface area (Å²) in [5.41, 5.74) is 1.36. The first-order valence-corrected chi connectivity index (χ1v) is 8.20. The molecule has 1 amide bonds. The summed E-state index contributed by atoms with van der Waals surface area (Å²) in [7, 11) is 1.81. The van der Waals surface area contributed by atoms with Gasteiger partial charge in [-0.15, -0.1) is 0 Å². The fourth-order valence-corrected chi connectivity index (χ4v) is 2.33. The predicted molar refractivity (Wildman–Crippen MR) is 95.9 cm³/mol. The highest BCUT2D eigenvalue weighted by molar-refractivity contribution is 6.42. The Hall–Kier alpha value is -1.78. The minimum atomic E-state index is -0.0213. The molecule has 0 aliphatic carbocycles. The minimum absolute atomic E-state index is 0.0213. The maximum absolute atomic E-state index is 12.2. The van der Waals surface area contributed by atoms with Crippen LogP contribution in [0.3, 0.4) is 0 Å². The van der Waals surface area contributed by atoms with Crippen LogP contribution in [0.25, 0.3) is 0 Å². The van der Waals surface area contributed by atoms with Crippen molar-refractivity contribution in [2.45, 2.75) is 19.8 Å². The largest absolute Gasteiger partial charge is 0.342 e. The lowest BCUT2D eigenvalue weighted by Gasteiger charge is -2.16. The number of benzene rings is 1. The summed E-state index contributed by atoms with van der Waals surface area (Å²) in [5.74, 6) is 0.614. The zero-order chi connectivity index (χ0) is 16.8. The van der Waals surface area contributed by atoms with Crippen molar-refractivity contribution in [1.82, 2.24) is 9.88 Å². The van der Waals surface area contributed by atoms with Gasteiger partial charge in [0, 0.05) is 25.5 Å². The van der Waals surface area contributed by atoms with E-state index >= 15 is 0 Å². The van der Waals surface area contributed by atoms with Crippen LogP contribution in [-0.2, 0) is 0 Å². The number of anilines is 2. The Kier molecular flexibility index (Phi) is 6.25. The molecule has 0 bridgehead atoms. The molecule has 0 radical (unpaired) electrons. The second-order valence-corrected chi connectivity index (χ2v) is 6.08. The van der Waals surface area contributed by atoms with E-state index in [1.807, 2.05) is 6.07 Å². The number of nitrogens with one attached hydrogen (secondary N) is 1. The normalized spacial score (nSPS) is 10.4. The number of hydrogen-bond acceptors (Lipinski definition) is 3. The number of pyridine rings is 1. The summed E-state index contributed by atoms with van der Waals surface area (Å²) in [6.45, 7) is 2.85. The molecule has 1 N–H and O–H groups in total. The topological polar surface area (TPSA) is 45.2 Å². The SMILES string of the molecule is CCCCN(C)C(=O)c1ccc(Nc2ccc(Cl)c(Cl)c2)nc1. The molecule has 2 rings (SSSR count). The maximum Gasteiger partial charge on any atom is 0.255 e. The van der Waals surface area contributed by atoms with Crippen molar-refractivity contribution in [2.24, 2.45) is 0 Å². The molecule has 122 valence electrons. The fraction of sp³-hybridized carbons (Fsp3) is 0.294. The van der Waals surface area contributed by atoms with E-state index < -0.39 is 0 Å². The van der Waals surface area contributed by atoms with Gasteiger partial charge in [0.2, 0.25) is 0 Å². The first kappa shape index (κ1) is 17.6. The van der Waals surface area contributed by atoms with Gasteiger partial charge in [-0.05, 0) is 36.8 Å². The Balaban J connectivity index is 2.04. The molecule has 0 aliphatic heterocycles. The number of rotatable bonds is 6. The lowest BCUT2D eigenvalue weighted by atomic mass is 10.2. The van der Waals surface area contributed by atoms with Gasteiger partial charge in [0.25, 0.3) is 5.91 Å². The Morgan fingerprint density at radius 1 is 1.22 bits per heavy atom. The fourth-order valence-electron chi connectivity index (χ4n) is 2.03. The van der Waals surface area contributed by atoms with Crippen LogP contribution in [0, 0.1) is 0 Å². The summed E-state index contributed by atoms with van der Waals surface area (Å²) in [5, 5.41) is 4.10. The second kappa shape index (κ2) is 8.18. The number of halogens is 2. The van der Waals surface area contributed by atoms with Gasteiger partial charge in [0.1, 0.15) is 5.82 Å². The summed E-state index contributed by atoms with van der Waals surface area (Å²) < 4.78 is 0. The Morgan fingerprint density at radius 3 is 2.61 bits per heavy atom. The van der Waals surface area contributed by atoms with Gasteiger partial charge in [-0.3, -0.25) is 4.79 Å². The van der Waals surface area contributed by atoms with Crippen LogP contribution < -0.4 is 5.32 Å². The van der Waals surface area contributed by atoms with Crippen LogP contribution in [0.5, 0.6) is 0 Å². The predicted octanol–water partition coefficient (Wildman–Crippen LogP) is 5.00. The molecule has 0 saturated heterocycles. The standard InChI is InChI=1S/C17H19Cl2N3O/c1-3-4-9-22(2)17(23)12-5-8-16(20-11-12)21-13-6-7-14(18)15(19)10-13/h5-8,10-11H,3-4,9H2,1-2H3,(H,20,21). The van der Waals surface area contributed by atoms with Gasteiger partial charge >= 0.3 is 0 Å². The van der Waals surface area contributed by atoms with Crippen molar-refractivity contribution in [3.05, 3.63) is 52.1 Å². The molecule has 23 heavy (non-hydrogen) atoms. The Morgan fingerprint density at radius 2 is 2.00 bits per heavy atom. The van der Waals surface area contributed by atoms with Crippen molar-refractivity contribution < 1.29 is 4.79 Å². The zero-order valence-corrected chi connectivity index (χ0v) is 14.7. The minimum Gasteiger partial charge on any atom is -0.342 e. The summed E-state index contributed by atoms with van der Waals surface area (Å²) in [6, 6.07) is 8.78. The Bertz CT molecular complexity index is 674. The third-order valence-electron chi connectivity index (χ3n) is 3.40. The van der Waals surface area contributed by atoms with Crippen LogP contribution in [0.2, 0.25) is 10.0 Å². The quantitative estimate of drug-likeness (QED) is 0.795. The highest BCUT2D eigenvalue weighted by Crippen LogP contribution is 2.26. The van der Waals surface area contributed by atoms with Crippen LogP contribution in [0.15, 0.2) is 36.5 Å². The van der Waals surface area contributed by atoms with Crippen molar-refractivity contribution in [3.63, 3.8) is 0 Å². The molecule has 2 aromatic rings. The molecule has 1 aromatic carbocycles. The van der Waals surface area contributed by atoms with Crippen LogP contribution >= 0.6 is 23.2 Å². The summed E-state index contributed by atoms with van der Waals surface area (Å²) in [6.07, 6.45) is 3.62. The van der Waals surface area contributed by atoms with Gasteiger partial charge in [-0.2, -0.15) is 0 Å². The third kappa shape index (κ3) is 4.85. The van der Waals surface area contributed by atoms with E-state index in [4.69, 9.17) is 23.2 Å². The number of amides is 1. The molecule has 4 nitrogen and oxygen atoms in total. The summed E-state index contributed by atoms with van der Waals surface area (Å²) in [4.78, 5) is 18.2. The molecule has 6 heteroatoms. The molecule has 0 fully saturated rings. The number of carbonyl (C=O) groups excluding carboxylic acids is 1. The lowest BCUT2D eigenvalue weighted by Crippen LogP contribution is -2.27. The van der Waals surface area contributed by atoms with Gasteiger partial charge in [-0.25, -0.2) is 4.98 Å². The number of unbranched alkanes of at least 4 members (excludes halogenated alkanes) is 1. The molecule has 0 saturated carbocycles. The number of hydrogen-bond donors (Lipinski definition) is 1. The molecule has 0 aliphatic rings. The van der Waals surface area contributed by atoms with E-state index in [2.05, 4.69) is 17.2 Å². The monoisotopic (exact) mass is 351 g/mol. The summed E-state index contributed by atoms with van der Waals surface area (Å²) >= 11 is 11.9. The first-order valence-electron chi connectivity index (χ1n) is 7.45. The van der Waals surface area contributed by atoms with Gasteiger partial charge < -0.3 is 10.2 Å². The van der Waals surface area contributed by atoms with E-state index in [0.29, 0.717) is 21.4 Å². The molecule has 0 unspecified atom stereocenters. The van der Waals surface area contributed by atoms with Gasteiger partial charge in [-0.1, -0.05) is 36.5 Å². The maximum atomic E-state index is 12.2. The molecule has 1 heterocycles. The van der Waals surface area contributed by atoms with Crippen molar-refractivity contribution in [3.8, 4) is 0 Å². The number of aromatic nitrogens is 1. The van der Waals surface area contributed by atoms with Crippen LogP contribution in [-0.4, -0.2) is 29.4 Å². The van der Waals surface area contributed by atoms with E-state index in [-0.39, 0.29) is 5.91 Å². The zero-order valence-electron chi connectivity index (χ0n) is 13.1. The Labute approximate surface area is 146 Å². The highest BCUT2D eigenvalue weighted by Gasteiger charge is 2.11. The van der Waals surface area contributed by atoms with Crippen molar-refractivity contribution >= 4 is 40.6 Å². The average molecular weight is 352 g/mol. The third-order valence-corrected chi connectivity index (χ3v) is 4.14. The molecular weight excluding hydrogens is 333 g/mol. The van der Waals surface area contributed by atoms with E-state index in [1.54, 1.807) is 42.4 Å². The second-order valence-electron chi connectivity index (χ2n) is 5.27. The highest BCUT2D eigenvalue weighted by atomic mass is 35.5. The van der Waals surface area contributed by atoms with E-state index in [9.17, 15) is 4.79 Å². The van der Waals surface area contributed by atoms with Crippen molar-refractivity contribution in [1.29, 1.82) is 0 Å². The molecular formula is C17H19Cl2N3O. The number of carbonyl (C=O) groups is 1.